The molecule has 0 atom stereocenters. The van der Waals surface area contributed by atoms with Crippen LogP contribution in [0.3, 0.4) is 0 Å². The molecule has 5 rings (SSSR count). The van der Waals surface area contributed by atoms with Crippen molar-refractivity contribution in [1.82, 2.24) is 14.9 Å². The number of nitrogens with one attached hydrogen (secondary N) is 1. The van der Waals surface area contributed by atoms with Crippen LogP contribution in [0.2, 0.25) is 10.0 Å². The molecule has 35 heavy (non-hydrogen) atoms. The van der Waals surface area contributed by atoms with E-state index >= 15 is 0 Å². The van der Waals surface area contributed by atoms with Crippen molar-refractivity contribution in [2.45, 2.75) is 19.5 Å². The van der Waals surface area contributed by atoms with Gasteiger partial charge in [-0.15, -0.1) is 0 Å². The van der Waals surface area contributed by atoms with Gasteiger partial charge < -0.3 is 9.88 Å². The molecule has 0 saturated carbocycles. The van der Waals surface area contributed by atoms with Crippen LogP contribution in [0.5, 0.6) is 0 Å². The van der Waals surface area contributed by atoms with Crippen molar-refractivity contribution in [1.29, 1.82) is 0 Å². The topological polar surface area (TPSA) is 46.9 Å². The molecular formula is C29H23Cl2N3O. The van der Waals surface area contributed by atoms with E-state index in [4.69, 9.17) is 28.2 Å². The summed E-state index contributed by atoms with van der Waals surface area (Å²) in [6.07, 6.45) is 0.304. The second-order valence-electron chi connectivity index (χ2n) is 8.36. The third kappa shape index (κ3) is 5.40. The molecule has 4 aromatic carbocycles. The predicted molar refractivity (Wildman–Crippen MR) is 143 cm³/mol. The number of para-hydroxylation sites is 2. The largest absolute Gasteiger partial charge is 0.349 e. The van der Waals surface area contributed by atoms with Gasteiger partial charge in [-0.3, -0.25) is 4.79 Å². The van der Waals surface area contributed by atoms with Crippen molar-refractivity contribution in [3.63, 3.8) is 0 Å². The average Bonchev–Trinajstić information content (AvgIpc) is 3.23. The summed E-state index contributed by atoms with van der Waals surface area (Å²) in [6.45, 7) is 0.851. The zero-order chi connectivity index (χ0) is 24.2. The normalized spacial score (nSPS) is 11.0. The minimum absolute atomic E-state index is 0.0550. The van der Waals surface area contributed by atoms with E-state index in [2.05, 4.69) is 22.0 Å². The maximum atomic E-state index is 12.7. The number of rotatable bonds is 7. The summed E-state index contributed by atoms with van der Waals surface area (Å²) in [5.41, 5.74) is 6.04. The lowest BCUT2D eigenvalue weighted by molar-refractivity contribution is -0.120. The molecule has 0 aliphatic carbocycles. The van der Waals surface area contributed by atoms with Crippen LogP contribution in [-0.2, 0) is 24.3 Å². The Morgan fingerprint density at radius 1 is 0.829 bits per heavy atom. The summed E-state index contributed by atoms with van der Waals surface area (Å²) in [4.78, 5) is 17.5. The second-order valence-corrected chi connectivity index (χ2v) is 9.20. The monoisotopic (exact) mass is 499 g/mol. The maximum Gasteiger partial charge on any atom is 0.224 e. The zero-order valence-electron chi connectivity index (χ0n) is 18.9. The van der Waals surface area contributed by atoms with Gasteiger partial charge >= 0.3 is 0 Å². The van der Waals surface area contributed by atoms with Gasteiger partial charge in [-0.1, -0.05) is 96.0 Å². The minimum Gasteiger partial charge on any atom is -0.349 e. The highest BCUT2D eigenvalue weighted by Crippen LogP contribution is 2.25. The highest BCUT2D eigenvalue weighted by atomic mass is 35.5. The van der Waals surface area contributed by atoms with Gasteiger partial charge in [0.2, 0.25) is 5.91 Å². The van der Waals surface area contributed by atoms with Crippen LogP contribution in [-0.4, -0.2) is 15.5 Å². The van der Waals surface area contributed by atoms with Crippen molar-refractivity contribution in [2.24, 2.45) is 0 Å². The van der Waals surface area contributed by atoms with E-state index in [1.165, 1.54) is 0 Å². The summed E-state index contributed by atoms with van der Waals surface area (Å²) >= 11 is 12.5. The molecule has 1 aromatic heterocycles. The second kappa shape index (κ2) is 10.3. The molecule has 0 spiro atoms. The molecule has 1 N–H and O–H groups in total. The number of amides is 1. The van der Waals surface area contributed by atoms with E-state index in [1.54, 1.807) is 6.07 Å². The summed E-state index contributed by atoms with van der Waals surface area (Å²) in [6, 6.07) is 31.7. The summed E-state index contributed by atoms with van der Waals surface area (Å²) in [5.74, 6) is 0.714. The van der Waals surface area contributed by atoms with E-state index in [9.17, 15) is 4.79 Å². The fourth-order valence-corrected chi connectivity index (χ4v) is 4.60. The van der Waals surface area contributed by atoms with Gasteiger partial charge in [0.05, 0.1) is 30.5 Å². The Bertz CT molecular complexity index is 1480. The minimum atomic E-state index is -0.0550. The van der Waals surface area contributed by atoms with E-state index in [1.807, 2.05) is 78.9 Å². The van der Waals surface area contributed by atoms with Crippen LogP contribution in [0, 0.1) is 0 Å². The number of aromatic nitrogens is 2. The van der Waals surface area contributed by atoms with Gasteiger partial charge in [0.25, 0.3) is 0 Å². The number of fused-ring (bicyclic) bond motifs is 1. The van der Waals surface area contributed by atoms with Gasteiger partial charge in [-0.05, 0) is 46.5 Å². The van der Waals surface area contributed by atoms with Crippen LogP contribution < -0.4 is 5.32 Å². The molecular weight excluding hydrogens is 477 g/mol. The Hall–Kier alpha value is -3.60. The molecule has 174 valence electrons. The summed E-state index contributed by atoms with van der Waals surface area (Å²) in [7, 11) is 0. The third-order valence-electron chi connectivity index (χ3n) is 5.95. The summed E-state index contributed by atoms with van der Waals surface area (Å²) in [5, 5.41) is 4.23. The quantitative estimate of drug-likeness (QED) is 0.264. The number of imidazole rings is 1. The Morgan fingerprint density at radius 3 is 2.31 bits per heavy atom. The first kappa shape index (κ1) is 23.2. The SMILES string of the molecule is O=C(Cc1ccc(-c2ccccc2)cc1)NCc1nc2ccccc2n1Cc1ccc(Cl)cc1Cl. The van der Waals surface area contributed by atoms with Crippen LogP contribution in [0.1, 0.15) is 17.0 Å². The van der Waals surface area contributed by atoms with Gasteiger partial charge in [-0.25, -0.2) is 4.98 Å². The van der Waals surface area contributed by atoms with Crippen LogP contribution in [0.15, 0.2) is 97.1 Å². The molecule has 0 radical (unpaired) electrons. The van der Waals surface area contributed by atoms with Crippen molar-refractivity contribution in [3.8, 4) is 11.1 Å². The standard InChI is InChI=1S/C29H23Cl2N3O/c30-24-15-14-23(25(31)17-24)19-34-27-9-5-4-8-26(27)33-28(34)18-32-29(35)16-20-10-12-22(13-11-20)21-6-2-1-3-7-21/h1-15,17H,16,18-19H2,(H,32,35). The number of nitrogens with zero attached hydrogens (tertiary/aromatic N) is 2. The predicted octanol–water partition coefficient (Wildman–Crippen LogP) is 6.92. The Kier molecular flexibility index (Phi) is 6.84. The molecule has 0 saturated heterocycles. The Morgan fingerprint density at radius 2 is 1.54 bits per heavy atom. The highest BCUT2D eigenvalue weighted by Gasteiger charge is 2.14. The van der Waals surface area contributed by atoms with Crippen molar-refractivity contribution < 1.29 is 4.79 Å². The van der Waals surface area contributed by atoms with Crippen LogP contribution in [0.25, 0.3) is 22.2 Å². The highest BCUT2D eigenvalue weighted by molar-refractivity contribution is 6.35. The first-order valence-corrected chi connectivity index (χ1v) is 12.1. The fourth-order valence-electron chi connectivity index (χ4n) is 4.13. The first-order chi connectivity index (χ1) is 17.1. The molecule has 0 unspecified atom stereocenters. The molecule has 1 amide bonds. The number of carbonyl (C=O) groups is 1. The Labute approximate surface area is 214 Å². The van der Waals surface area contributed by atoms with Gasteiger partial charge in [0.1, 0.15) is 5.82 Å². The number of halogens is 2. The number of carbonyl (C=O) groups excluding carboxylic acids is 1. The lowest BCUT2D eigenvalue weighted by Crippen LogP contribution is -2.26. The zero-order valence-corrected chi connectivity index (χ0v) is 20.4. The van der Waals surface area contributed by atoms with E-state index in [-0.39, 0.29) is 5.91 Å². The van der Waals surface area contributed by atoms with Gasteiger partial charge in [-0.2, -0.15) is 0 Å². The molecule has 5 aromatic rings. The van der Waals surface area contributed by atoms with Crippen LogP contribution in [0.4, 0.5) is 0 Å². The van der Waals surface area contributed by atoms with E-state index < -0.39 is 0 Å². The molecule has 0 aliphatic heterocycles. The molecule has 0 bridgehead atoms. The number of hydrogen-bond donors (Lipinski definition) is 1. The Balaban J connectivity index is 1.30. The van der Waals surface area contributed by atoms with Crippen LogP contribution >= 0.6 is 23.2 Å². The fraction of sp³-hybridized carbons (Fsp3) is 0.103. The van der Waals surface area contributed by atoms with Crippen molar-refractivity contribution >= 4 is 40.1 Å². The average molecular weight is 500 g/mol. The maximum absolute atomic E-state index is 12.7. The van der Waals surface area contributed by atoms with Crippen molar-refractivity contribution in [2.75, 3.05) is 0 Å². The third-order valence-corrected chi connectivity index (χ3v) is 6.53. The first-order valence-electron chi connectivity index (χ1n) is 11.4. The smallest absolute Gasteiger partial charge is 0.224 e. The molecule has 4 nitrogen and oxygen atoms in total. The lowest BCUT2D eigenvalue weighted by Gasteiger charge is -2.12. The molecule has 0 fully saturated rings. The molecule has 1 heterocycles. The van der Waals surface area contributed by atoms with Gasteiger partial charge in [0, 0.05) is 10.0 Å². The lowest BCUT2D eigenvalue weighted by atomic mass is 10.0. The van der Waals surface area contributed by atoms with E-state index in [0.29, 0.717) is 29.6 Å². The number of hydrogen-bond acceptors (Lipinski definition) is 2. The summed E-state index contributed by atoms with van der Waals surface area (Å²) < 4.78 is 2.08. The van der Waals surface area contributed by atoms with Crippen molar-refractivity contribution in [3.05, 3.63) is 124 Å². The molecule has 6 heteroatoms. The molecule has 0 aliphatic rings. The van der Waals surface area contributed by atoms with E-state index in [0.717, 1.165) is 39.1 Å². The number of benzene rings is 4. The van der Waals surface area contributed by atoms with Gasteiger partial charge in [0.15, 0.2) is 0 Å².